The number of rotatable bonds is 4. The van der Waals surface area contributed by atoms with Gasteiger partial charge in [0.05, 0.1) is 23.4 Å². The Morgan fingerprint density at radius 3 is 2.04 bits per heavy atom. The summed E-state index contributed by atoms with van der Waals surface area (Å²) in [6.07, 6.45) is 0. The fourth-order valence-corrected chi connectivity index (χ4v) is 3.30. The first-order chi connectivity index (χ1) is 13.5. The van der Waals surface area contributed by atoms with Crippen LogP contribution in [0.2, 0.25) is 0 Å². The Labute approximate surface area is 160 Å². The average Bonchev–Trinajstić information content (AvgIpc) is 2.72. The average molecular weight is 375 g/mol. The van der Waals surface area contributed by atoms with E-state index in [4.69, 9.17) is 15.6 Å². The standard InChI is InChI=1S/C22H17NO5/c23-20-17(28-11-13-7-5-12(10-24)6-8-13)9-16(25)18-19(20)22(27)15-4-2-1-3-14(15)21(18)26/h1-9,24-25H,10-11,23H2. The molecule has 1 aliphatic carbocycles. The number of ether oxygens (including phenoxy) is 1. The van der Waals surface area contributed by atoms with Gasteiger partial charge in [0.25, 0.3) is 0 Å². The van der Waals surface area contributed by atoms with Crippen LogP contribution in [0.15, 0.2) is 54.6 Å². The highest BCUT2D eigenvalue weighted by atomic mass is 16.5. The third kappa shape index (κ3) is 2.80. The number of aliphatic hydroxyl groups is 1. The third-order valence-corrected chi connectivity index (χ3v) is 4.78. The van der Waals surface area contributed by atoms with Crippen LogP contribution in [0, 0.1) is 0 Å². The first-order valence-corrected chi connectivity index (χ1v) is 8.66. The van der Waals surface area contributed by atoms with E-state index in [-0.39, 0.29) is 52.7 Å². The van der Waals surface area contributed by atoms with Crippen LogP contribution in [0.25, 0.3) is 0 Å². The van der Waals surface area contributed by atoms with Crippen molar-refractivity contribution in [1.29, 1.82) is 0 Å². The molecular weight excluding hydrogens is 358 g/mol. The van der Waals surface area contributed by atoms with E-state index in [0.717, 1.165) is 11.1 Å². The Bertz CT molecular complexity index is 1100. The van der Waals surface area contributed by atoms with Crippen LogP contribution in [0.4, 0.5) is 5.69 Å². The molecule has 0 spiro atoms. The van der Waals surface area contributed by atoms with Gasteiger partial charge in [-0.1, -0.05) is 48.5 Å². The molecule has 0 aliphatic heterocycles. The fourth-order valence-electron chi connectivity index (χ4n) is 3.30. The second-order valence-electron chi connectivity index (χ2n) is 6.52. The lowest BCUT2D eigenvalue weighted by Crippen LogP contribution is -2.23. The van der Waals surface area contributed by atoms with Crippen LogP contribution in [-0.2, 0) is 13.2 Å². The maximum atomic E-state index is 12.9. The molecule has 28 heavy (non-hydrogen) atoms. The molecule has 0 saturated carbocycles. The number of carbonyl (C=O) groups excluding carboxylic acids is 2. The summed E-state index contributed by atoms with van der Waals surface area (Å²) in [7, 11) is 0. The van der Waals surface area contributed by atoms with Gasteiger partial charge in [-0.05, 0) is 11.1 Å². The minimum atomic E-state index is -0.444. The van der Waals surface area contributed by atoms with Crippen LogP contribution >= 0.6 is 0 Å². The Balaban J connectivity index is 1.71. The summed E-state index contributed by atoms with van der Waals surface area (Å²) in [6, 6.07) is 14.8. The molecule has 0 aromatic heterocycles. The first-order valence-electron chi connectivity index (χ1n) is 8.66. The number of aliphatic hydroxyl groups excluding tert-OH is 1. The molecular formula is C22H17NO5. The van der Waals surface area contributed by atoms with Crippen LogP contribution in [0.1, 0.15) is 43.0 Å². The maximum absolute atomic E-state index is 12.9. The number of phenols is 1. The highest BCUT2D eigenvalue weighted by Crippen LogP contribution is 2.41. The number of anilines is 1. The molecule has 0 amide bonds. The number of ketones is 2. The van der Waals surface area contributed by atoms with E-state index in [2.05, 4.69) is 0 Å². The lowest BCUT2D eigenvalue weighted by Gasteiger charge is -2.21. The normalized spacial score (nSPS) is 12.5. The zero-order valence-corrected chi connectivity index (χ0v) is 14.8. The summed E-state index contributed by atoms with van der Waals surface area (Å²) in [4.78, 5) is 25.6. The highest BCUT2D eigenvalue weighted by molar-refractivity contribution is 6.31. The van der Waals surface area contributed by atoms with Crippen LogP contribution < -0.4 is 10.5 Å². The number of hydrogen-bond acceptors (Lipinski definition) is 6. The first kappa shape index (κ1) is 17.8. The lowest BCUT2D eigenvalue weighted by molar-refractivity contribution is 0.0977. The van der Waals surface area contributed by atoms with Crippen molar-refractivity contribution >= 4 is 17.3 Å². The summed E-state index contributed by atoms with van der Waals surface area (Å²) in [5.41, 5.74) is 8.13. The molecule has 0 unspecified atom stereocenters. The van der Waals surface area contributed by atoms with E-state index in [1.807, 2.05) is 0 Å². The van der Waals surface area contributed by atoms with Crippen molar-refractivity contribution in [3.8, 4) is 11.5 Å². The second kappa shape index (κ2) is 6.83. The van der Waals surface area contributed by atoms with Crippen molar-refractivity contribution in [3.05, 3.63) is 88.0 Å². The summed E-state index contributed by atoms with van der Waals surface area (Å²) in [6.45, 7) is 0.0945. The van der Waals surface area contributed by atoms with Gasteiger partial charge in [-0.3, -0.25) is 9.59 Å². The van der Waals surface area contributed by atoms with Crippen molar-refractivity contribution in [1.82, 2.24) is 0 Å². The molecule has 4 N–H and O–H groups in total. The van der Waals surface area contributed by atoms with E-state index < -0.39 is 11.6 Å². The van der Waals surface area contributed by atoms with Gasteiger partial charge in [0.1, 0.15) is 18.1 Å². The smallest absolute Gasteiger partial charge is 0.198 e. The molecule has 4 rings (SSSR count). The number of hydrogen-bond donors (Lipinski definition) is 3. The van der Waals surface area contributed by atoms with E-state index in [9.17, 15) is 14.7 Å². The summed E-state index contributed by atoms with van der Waals surface area (Å²) >= 11 is 0. The van der Waals surface area contributed by atoms with Crippen molar-refractivity contribution in [3.63, 3.8) is 0 Å². The third-order valence-electron chi connectivity index (χ3n) is 4.78. The molecule has 0 atom stereocenters. The van der Waals surface area contributed by atoms with Crippen LogP contribution in [0.3, 0.4) is 0 Å². The number of fused-ring (bicyclic) bond motifs is 2. The van der Waals surface area contributed by atoms with E-state index in [0.29, 0.717) is 0 Å². The van der Waals surface area contributed by atoms with E-state index >= 15 is 0 Å². The van der Waals surface area contributed by atoms with Gasteiger partial charge in [-0.2, -0.15) is 0 Å². The van der Waals surface area contributed by atoms with Gasteiger partial charge in [0.2, 0.25) is 0 Å². The molecule has 0 radical (unpaired) electrons. The summed E-state index contributed by atoms with van der Waals surface area (Å²) in [5, 5.41) is 19.5. The number of nitrogen functional groups attached to an aromatic ring is 1. The number of carbonyl (C=O) groups is 2. The number of benzene rings is 3. The van der Waals surface area contributed by atoms with Gasteiger partial charge in [0, 0.05) is 17.2 Å². The monoisotopic (exact) mass is 375 g/mol. The predicted molar refractivity (Wildman–Crippen MR) is 103 cm³/mol. The molecule has 6 nitrogen and oxygen atoms in total. The fraction of sp³-hybridized carbons (Fsp3) is 0.0909. The van der Waals surface area contributed by atoms with Crippen LogP contribution in [0.5, 0.6) is 11.5 Å². The molecule has 3 aromatic carbocycles. The van der Waals surface area contributed by atoms with Crippen molar-refractivity contribution in [2.75, 3.05) is 5.73 Å². The molecule has 6 heteroatoms. The lowest BCUT2D eigenvalue weighted by atomic mass is 9.82. The van der Waals surface area contributed by atoms with E-state index in [1.54, 1.807) is 48.5 Å². The Hall–Kier alpha value is -3.64. The molecule has 0 heterocycles. The Kier molecular flexibility index (Phi) is 4.33. The molecule has 0 fully saturated rings. The summed E-state index contributed by atoms with van der Waals surface area (Å²) < 4.78 is 5.70. The molecule has 1 aliphatic rings. The Morgan fingerprint density at radius 2 is 1.43 bits per heavy atom. The van der Waals surface area contributed by atoms with Crippen molar-refractivity contribution in [2.45, 2.75) is 13.2 Å². The van der Waals surface area contributed by atoms with Crippen LogP contribution in [-0.4, -0.2) is 21.8 Å². The molecule has 0 saturated heterocycles. The van der Waals surface area contributed by atoms with E-state index in [1.165, 1.54) is 6.07 Å². The zero-order chi connectivity index (χ0) is 19.8. The molecule has 0 bridgehead atoms. The number of phenolic OH excluding ortho intramolecular Hbond substituents is 1. The maximum Gasteiger partial charge on any atom is 0.198 e. The predicted octanol–water partition coefficient (Wildman–Crippen LogP) is 2.82. The van der Waals surface area contributed by atoms with Gasteiger partial charge in [-0.15, -0.1) is 0 Å². The number of aromatic hydroxyl groups is 1. The zero-order valence-electron chi connectivity index (χ0n) is 14.8. The van der Waals surface area contributed by atoms with Gasteiger partial charge in [-0.25, -0.2) is 0 Å². The SMILES string of the molecule is Nc1c(OCc2ccc(CO)cc2)cc(O)c2c1C(=O)c1ccccc1C2=O. The second-order valence-corrected chi connectivity index (χ2v) is 6.52. The summed E-state index contributed by atoms with van der Waals surface area (Å²) in [5.74, 6) is -1.08. The topological polar surface area (TPSA) is 110 Å². The van der Waals surface area contributed by atoms with Crippen molar-refractivity contribution < 1.29 is 24.5 Å². The Morgan fingerprint density at radius 1 is 0.857 bits per heavy atom. The minimum Gasteiger partial charge on any atom is -0.507 e. The quantitative estimate of drug-likeness (QED) is 0.374. The minimum absolute atomic E-state index is 0.0210. The largest absolute Gasteiger partial charge is 0.507 e. The number of nitrogens with two attached hydrogens (primary N) is 1. The molecule has 140 valence electrons. The van der Waals surface area contributed by atoms with Gasteiger partial charge in [0.15, 0.2) is 11.6 Å². The van der Waals surface area contributed by atoms with Gasteiger partial charge >= 0.3 is 0 Å². The molecule has 3 aromatic rings. The van der Waals surface area contributed by atoms with Crippen molar-refractivity contribution in [2.24, 2.45) is 0 Å². The van der Waals surface area contributed by atoms with Gasteiger partial charge < -0.3 is 20.7 Å². The highest BCUT2D eigenvalue weighted by Gasteiger charge is 2.35.